The van der Waals surface area contributed by atoms with Gasteiger partial charge >= 0.3 is 0 Å². The zero-order valence-corrected chi connectivity index (χ0v) is 18.9. The van der Waals surface area contributed by atoms with E-state index in [1.165, 1.54) is 22.0 Å². The summed E-state index contributed by atoms with van der Waals surface area (Å²) < 4.78 is 13.8. The topological polar surface area (TPSA) is 59.8 Å². The molecule has 0 unspecified atom stereocenters. The Balaban J connectivity index is 1.18. The number of aromatic nitrogens is 1. The van der Waals surface area contributed by atoms with Crippen molar-refractivity contribution in [1.29, 1.82) is 0 Å². The van der Waals surface area contributed by atoms with Crippen molar-refractivity contribution < 1.29 is 9.47 Å². The minimum absolute atomic E-state index is 0.318. The SMILES string of the molecule is CN=C(NCCCn1ccc2ccccc21)NCc1cccc(COC2CCOCC2)c1. The summed E-state index contributed by atoms with van der Waals surface area (Å²) in [6, 6.07) is 19.2. The molecule has 0 radical (unpaired) electrons. The Morgan fingerprint density at radius 2 is 1.91 bits per heavy atom. The fraction of sp³-hybridized carbons (Fsp3) is 0.423. The van der Waals surface area contributed by atoms with Gasteiger partial charge < -0.3 is 24.7 Å². The predicted molar refractivity (Wildman–Crippen MR) is 130 cm³/mol. The van der Waals surface area contributed by atoms with Gasteiger partial charge in [-0.25, -0.2) is 0 Å². The number of aliphatic imine (C=N–C) groups is 1. The van der Waals surface area contributed by atoms with Crippen LogP contribution < -0.4 is 10.6 Å². The first-order valence-corrected chi connectivity index (χ1v) is 11.6. The lowest BCUT2D eigenvalue weighted by Gasteiger charge is -2.22. The molecule has 6 heteroatoms. The van der Waals surface area contributed by atoms with E-state index in [1.807, 2.05) is 7.05 Å². The first-order valence-electron chi connectivity index (χ1n) is 11.6. The molecule has 0 aliphatic carbocycles. The summed E-state index contributed by atoms with van der Waals surface area (Å²) in [6.45, 7) is 4.84. The molecule has 1 aliphatic heterocycles. The van der Waals surface area contributed by atoms with Crippen LogP contribution in [0.4, 0.5) is 0 Å². The van der Waals surface area contributed by atoms with Crippen LogP contribution >= 0.6 is 0 Å². The van der Waals surface area contributed by atoms with Crippen LogP contribution in [-0.4, -0.2) is 43.4 Å². The third-order valence-electron chi connectivity index (χ3n) is 5.88. The summed E-state index contributed by atoms with van der Waals surface area (Å²) >= 11 is 0. The highest BCUT2D eigenvalue weighted by atomic mass is 16.5. The Bertz CT molecular complexity index is 1010. The van der Waals surface area contributed by atoms with Crippen molar-refractivity contribution in [2.75, 3.05) is 26.8 Å². The van der Waals surface area contributed by atoms with Crippen molar-refractivity contribution in [1.82, 2.24) is 15.2 Å². The standard InChI is InChI=1S/C26H34N4O2/c1-27-26(28-13-5-14-30-15-10-23-8-2-3-9-25(23)30)29-19-21-6-4-7-22(18-21)20-32-24-11-16-31-17-12-24/h2-4,6-10,15,18,24H,5,11-14,16-17,19-20H2,1H3,(H2,27,28,29). The van der Waals surface area contributed by atoms with Crippen LogP contribution in [0.25, 0.3) is 10.9 Å². The second-order valence-corrected chi connectivity index (χ2v) is 8.22. The van der Waals surface area contributed by atoms with E-state index >= 15 is 0 Å². The molecule has 3 aromatic rings. The van der Waals surface area contributed by atoms with Crippen LogP contribution in [0.5, 0.6) is 0 Å². The summed E-state index contributed by atoms with van der Waals surface area (Å²) in [5, 5.41) is 8.13. The second-order valence-electron chi connectivity index (χ2n) is 8.22. The minimum atomic E-state index is 0.318. The van der Waals surface area contributed by atoms with Gasteiger partial charge in [0, 0.05) is 51.6 Å². The Labute approximate surface area is 190 Å². The van der Waals surface area contributed by atoms with Crippen LogP contribution in [0.2, 0.25) is 0 Å². The van der Waals surface area contributed by atoms with E-state index < -0.39 is 0 Å². The molecule has 1 aromatic heterocycles. The van der Waals surface area contributed by atoms with Crippen LogP contribution in [0.15, 0.2) is 65.8 Å². The smallest absolute Gasteiger partial charge is 0.191 e. The third kappa shape index (κ3) is 6.34. The van der Waals surface area contributed by atoms with Crippen LogP contribution in [0.3, 0.4) is 0 Å². The molecule has 2 heterocycles. The molecular weight excluding hydrogens is 400 g/mol. The van der Waals surface area contributed by atoms with E-state index in [0.717, 1.165) is 58.1 Å². The number of benzene rings is 2. The van der Waals surface area contributed by atoms with Crippen molar-refractivity contribution in [2.24, 2.45) is 4.99 Å². The van der Waals surface area contributed by atoms with Gasteiger partial charge in [0.2, 0.25) is 0 Å². The third-order valence-corrected chi connectivity index (χ3v) is 5.88. The summed E-state index contributed by atoms with van der Waals surface area (Å²) in [6.07, 6.45) is 5.49. The number of nitrogens with one attached hydrogen (secondary N) is 2. The summed E-state index contributed by atoms with van der Waals surface area (Å²) in [4.78, 5) is 4.36. The first-order chi connectivity index (χ1) is 15.8. The number of hydrogen-bond acceptors (Lipinski definition) is 3. The molecule has 1 aliphatic rings. The Morgan fingerprint density at radius 3 is 2.78 bits per heavy atom. The quantitative estimate of drug-likeness (QED) is 0.303. The molecule has 4 rings (SSSR count). The number of nitrogens with zero attached hydrogens (tertiary/aromatic N) is 2. The van der Waals surface area contributed by atoms with Gasteiger partial charge in [0.1, 0.15) is 0 Å². The largest absolute Gasteiger partial charge is 0.381 e. The highest BCUT2D eigenvalue weighted by Crippen LogP contribution is 2.16. The van der Waals surface area contributed by atoms with E-state index in [4.69, 9.17) is 9.47 Å². The van der Waals surface area contributed by atoms with Crippen molar-refractivity contribution in [3.05, 3.63) is 71.9 Å². The summed E-state index contributed by atoms with van der Waals surface area (Å²) in [5.41, 5.74) is 3.72. The molecule has 0 spiro atoms. The highest BCUT2D eigenvalue weighted by molar-refractivity contribution is 5.80. The number of aryl methyl sites for hydroxylation is 1. The molecule has 2 aromatic carbocycles. The molecule has 1 saturated heterocycles. The molecule has 170 valence electrons. The number of hydrogen-bond donors (Lipinski definition) is 2. The molecule has 0 bridgehead atoms. The number of para-hydroxylation sites is 1. The summed E-state index contributed by atoms with van der Waals surface area (Å²) in [5.74, 6) is 0.825. The van der Waals surface area contributed by atoms with Gasteiger partial charge in [-0.15, -0.1) is 0 Å². The molecule has 32 heavy (non-hydrogen) atoms. The fourth-order valence-corrected chi connectivity index (χ4v) is 4.08. The second kappa shape index (κ2) is 11.7. The van der Waals surface area contributed by atoms with Gasteiger partial charge in [0.05, 0.1) is 12.7 Å². The molecule has 0 saturated carbocycles. The van der Waals surface area contributed by atoms with Crippen LogP contribution in [0.1, 0.15) is 30.4 Å². The Morgan fingerprint density at radius 1 is 1.06 bits per heavy atom. The van der Waals surface area contributed by atoms with Gasteiger partial charge in [0.15, 0.2) is 5.96 Å². The molecule has 0 atom stereocenters. The molecule has 1 fully saturated rings. The zero-order chi connectivity index (χ0) is 22.0. The number of fused-ring (bicyclic) bond motifs is 1. The average molecular weight is 435 g/mol. The number of guanidine groups is 1. The highest BCUT2D eigenvalue weighted by Gasteiger charge is 2.14. The van der Waals surface area contributed by atoms with Crippen LogP contribution in [0, 0.1) is 0 Å². The van der Waals surface area contributed by atoms with Gasteiger partial charge in [0.25, 0.3) is 0 Å². The maximum atomic E-state index is 6.06. The molecule has 2 N–H and O–H groups in total. The maximum Gasteiger partial charge on any atom is 0.191 e. The molecule has 6 nitrogen and oxygen atoms in total. The summed E-state index contributed by atoms with van der Waals surface area (Å²) in [7, 11) is 1.81. The van der Waals surface area contributed by atoms with Gasteiger partial charge in [-0.05, 0) is 47.9 Å². The monoisotopic (exact) mass is 434 g/mol. The Kier molecular flexibility index (Phi) is 8.17. The van der Waals surface area contributed by atoms with Gasteiger partial charge in [-0.2, -0.15) is 0 Å². The normalized spacial score (nSPS) is 15.2. The average Bonchev–Trinajstić information content (AvgIpc) is 3.26. The molecule has 0 amide bonds. The number of rotatable bonds is 9. The first kappa shape index (κ1) is 22.4. The van der Waals surface area contributed by atoms with Crippen LogP contribution in [-0.2, 0) is 29.2 Å². The minimum Gasteiger partial charge on any atom is -0.381 e. The van der Waals surface area contributed by atoms with E-state index in [-0.39, 0.29) is 0 Å². The van der Waals surface area contributed by atoms with Crippen molar-refractivity contribution >= 4 is 16.9 Å². The van der Waals surface area contributed by atoms with Gasteiger partial charge in [-0.3, -0.25) is 4.99 Å². The Hall–Kier alpha value is -2.83. The number of ether oxygens (including phenoxy) is 2. The maximum absolute atomic E-state index is 6.06. The lowest BCUT2D eigenvalue weighted by atomic mass is 10.1. The fourth-order valence-electron chi connectivity index (χ4n) is 4.08. The van der Waals surface area contributed by atoms with Crippen molar-refractivity contribution in [2.45, 2.75) is 45.1 Å². The van der Waals surface area contributed by atoms with E-state index in [1.54, 1.807) is 0 Å². The van der Waals surface area contributed by atoms with Crippen molar-refractivity contribution in [3.63, 3.8) is 0 Å². The van der Waals surface area contributed by atoms with Gasteiger partial charge in [-0.1, -0.05) is 42.5 Å². The molecular formula is C26H34N4O2. The zero-order valence-electron chi connectivity index (χ0n) is 18.9. The van der Waals surface area contributed by atoms with E-state index in [2.05, 4.69) is 81.0 Å². The lowest BCUT2D eigenvalue weighted by molar-refractivity contribution is -0.0390. The van der Waals surface area contributed by atoms with Crippen molar-refractivity contribution in [3.8, 4) is 0 Å². The lowest BCUT2D eigenvalue weighted by Crippen LogP contribution is -2.37. The van der Waals surface area contributed by atoms with E-state index in [9.17, 15) is 0 Å². The van der Waals surface area contributed by atoms with E-state index in [0.29, 0.717) is 12.7 Å². The predicted octanol–water partition coefficient (Wildman–Crippen LogP) is 4.09.